The van der Waals surface area contributed by atoms with Crippen LogP contribution in [0.15, 0.2) is 35.2 Å². The topological polar surface area (TPSA) is 170 Å². The Bertz CT molecular complexity index is 1100. The predicted octanol–water partition coefficient (Wildman–Crippen LogP) is 1.30. The molecule has 1 heterocycles. The molecule has 14 heteroatoms. The van der Waals surface area contributed by atoms with Crippen molar-refractivity contribution in [2.75, 3.05) is 13.7 Å². The van der Waals surface area contributed by atoms with Crippen LogP contribution < -0.4 is 5.32 Å². The van der Waals surface area contributed by atoms with Crippen LogP contribution in [0.2, 0.25) is 0 Å². The van der Waals surface area contributed by atoms with Gasteiger partial charge in [0, 0.05) is 45.9 Å². The van der Waals surface area contributed by atoms with E-state index in [1.807, 2.05) is 0 Å². The van der Waals surface area contributed by atoms with E-state index in [0.29, 0.717) is 4.90 Å². The van der Waals surface area contributed by atoms with Crippen LogP contribution in [-0.2, 0) is 57.2 Å². The van der Waals surface area contributed by atoms with Crippen LogP contribution in [0.25, 0.3) is 0 Å². The number of carbonyl (C=O) groups is 6. The predicted molar refractivity (Wildman–Crippen MR) is 137 cm³/mol. The first-order valence-electron chi connectivity index (χ1n) is 12.2. The smallest absolute Gasteiger partial charge is 0.349 e. The van der Waals surface area contributed by atoms with Gasteiger partial charge in [-0.1, -0.05) is 30.0 Å². The molecule has 1 fully saturated rings. The van der Waals surface area contributed by atoms with Crippen LogP contribution in [0.4, 0.5) is 0 Å². The molecule has 2 rings (SSSR count). The first-order chi connectivity index (χ1) is 18.8. The number of methoxy groups -OCH3 is 1. The fourth-order valence-corrected chi connectivity index (χ4v) is 5.43. The largest absolute Gasteiger partial charge is 0.466 e. The zero-order valence-corrected chi connectivity index (χ0v) is 23.8. The summed E-state index contributed by atoms with van der Waals surface area (Å²) in [5.74, 6) is -4.54. The lowest BCUT2D eigenvalue weighted by Crippen LogP contribution is -2.68. The molecule has 40 heavy (non-hydrogen) atoms. The average molecular weight is 584 g/mol. The van der Waals surface area contributed by atoms with Gasteiger partial charge in [0.25, 0.3) is 0 Å². The summed E-state index contributed by atoms with van der Waals surface area (Å²) in [5.41, 5.74) is 0. The summed E-state index contributed by atoms with van der Waals surface area (Å²) in [5, 5.41) is 2.63. The van der Waals surface area contributed by atoms with E-state index in [4.69, 9.17) is 28.4 Å². The molecule has 6 atom stereocenters. The third kappa shape index (κ3) is 9.23. The van der Waals surface area contributed by atoms with Crippen LogP contribution in [0.5, 0.6) is 0 Å². The quantitative estimate of drug-likeness (QED) is 0.292. The van der Waals surface area contributed by atoms with Crippen molar-refractivity contribution < 1.29 is 57.2 Å². The summed E-state index contributed by atoms with van der Waals surface area (Å²) in [6, 6.07) is 7.43. The molecule has 1 N–H and O–H groups in total. The zero-order valence-electron chi connectivity index (χ0n) is 23.0. The van der Waals surface area contributed by atoms with Gasteiger partial charge >= 0.3 is 29.8 Å². The molecule has 0 saturated carbocycles. The number of nitrogens with one attached hydrogen (secondary N) is 1. The van der Waals surface area contributed by atoms with E-state index >= 15 is 0 Å². The third-order valence-electron chi connectivity index (χ3n) is 5.52. The number of hydrogen-bond donors (Lipinski definition) is 1. The van der Waals surface area contributed by atoms with E-state index < -0.39 is 77.8 Å². The van der Waals surface area contributed by atoms with E-state index in [0.717, 1.165) is 46.6 Å². The molecule has 1 aliphatic heterocycles. The Hall–Kier alpha value is -3.65. The van der Waals surface area contributed by atoms with Crippen LogP contribution in [-0.4, -0.2) is 84.9 Å². The number of esters is 5. The molecule has 1 saturated heterocycles. The fraction of sp³-hybridized carbons (Fsp3) is 0.538. The number of rotatable bonds is 11. The van der Waals surface area contributed by atoms with Crippen molar-refractivity contribution in [1.29, 1.82) is 0 Å². The van der Waals surface area contributed by atoms with Crippen LogP contribution in [0, 0.1) is 0 Å². The molecule has 13 nitrogen and oxygen atoms in total. The minimum Gasteiger partial charge on any atom is -0.466 e. The molecule has 1 aliphatic rings. The lowest BCUT2D eigenvalue weighted by molar-refractivity contribution is -0.224. The minimum atomic E-state index is -1.89. The van der Waals surface area contributed by atoms with E-state index in [1.54, 1.807) is 30.3 Å². The summed E-state index contributed by atoms with van der Waals surface area (Å²) in [4.78, 5) is 72.3. The Labute approximate surface area is 235 Å². The zero-order chi connectivity index (χ0) is 30.0. The molecule has 220 valence electrons. The van der Waals surface area contributed by atoms with Crippen molar-refractivity contribution in [3.8, 4) is 0 Å². The van der Waals surface area contributed by atoms with Crippen LogP contribution in [0.1, 0.15) is 41.0 Å². The second-order valence-corrected chi connectivity index (χ2v) is 10.2. The van der Waals surface area contributed by atoms with Crippen molar-refractivity contribution in [2.24, 2.45) is 0 Å². The van der Waals surface area contributed by atoms with Crippen molar-refractivity contribution >= 4 is 47.5 Å². The number of ether oxygens (including phenoxy) is 6. The van der Waals surface area contributed by atoms with Gasteiger partial charge in [-0.05, 0) is 12.1 Å². The number of carbonyl (C=O) groups excluding carboxylic acids is 6. The van der Waals surface area contributed by atoms with Crippen molar-refractivity contribution in [2.45, 2.75) is 81.3 Å². The van der Waals surface area contributed by atoms with Gasteiger partial charge in [-0.15, -0.1) is 0 Å². The standard InChI is InChI=1S/C26H33NO12S/c1-14(28)27-22-20(36-16(3)30)12-26(25(33)34-6,40-19-10-8-7-9-11-19)39-24(22)23(38-18(5)32)21(37-17(4)31)13-35-15(2)29/h7-11,20-24H,12-13H2,1-6H3,(H,27,28)/t20-,21-,22+,23+,24+,26?/m0/s1. The summed E-state index contributed by atoms with van der Waals surface area (Å²) in [6.07, 6.45) is -5.98. The van der Waals surface area contributed by atoms with Gasteiger partial charge in [0.1, 0.15) is 18.8 Å². The summed E-state index contributed by atoms with van der Waals surface area (Å²) in [7, 11) is 1.14. The molecule has 1 aromatic rings. The fourth-order valence-electron chi connectivity index (χ4n) is 4.18. The molecule has 1 amide bonds. The first-order valence-corrected chi connectivity index (χ1v) is 13.0. The lowest BCUT2D eigenvalue weighted by atomic mass is 9.89. The van der Waals surface area contributed by atoms with Gasteiger partial charge in [0.2, 0.25) is 10.8 Å². The van der Waals surface area contributed by atoms with Crippen LogP contribution in [0.3, 0.4) is 0 Å². The highest BCUT2D eigenvalue weighted by Gasteiger charge is 2.58. The Morgan fingerprint density at radius 2 is 1.57 bits per heavy atom. The highest BCUT2D eigenvalue weighted by atomic mass is 32.2. The lowest BCUT2D eigenvalue weighted by Gasteiger charge is -2.48. The SMILES string of the molecule is COC(=O)C1(Sc2ccccc2)C[C@H](OC(C)=O)[C@@H](NC(C)=O)[C@H]([C@H](OC(C)=O)[C@H](COC(C)=O)OC(C)=O)O1. The van der Waals surface area contributed by atoms with Crippen LogP contribution >= 0.6 is 11.8 Å². The summed E-state index contributed by atoms with van der Waals surface area (Å²) < 4.78 is 32.9. The van der Waals surface area contributed by atoms with Crippen molar-refractivity contribution in [3.63, 3.8) is 0 Å². The normalized spacial score (nSPS) is 23.5. The Morgan fingerprint density at radius 3 is 2.08 bits per heavy atom. The molecular formula is C26H33NO12S. The number of benzene rings is 1. The van der Waals surface area contributed by atoms with E-state index in [2.05, 4.69) is 5.32 Å². The molecule has 1 unspecified atom stereocenters. The van der Waals surface area contributed by atoms with Gasteiger partial charge in [0.15, 0.2) is 12.2 Å². The monoisotopic (exact) mass is 583 g/mol. The molecule has 0 aliphatic carbocycles. The maximum Gasteiger partial charge on any atom is 0.349 e. The van der Waals surface area contributed by atoms with Gasteiger partial charge in [0.05, 0.1) is 13.2 Å². The molecular weight excluding hydrogens is 550 g/mol. The van der Waals surface area contributed by atoms with Crippen molar-refractivity contribution in [1.82, 2.24) is 5.32 Å². The molecule has 0 spiro atoms. The summed E-state index contributed by atoms with van der Waals surface area (Å²) >= 11 is 0.946. The average Bonchev–Trinajstić information content (AvgIpc) is 2.85. The first kappa shape index (κ1) is 32.6. The Balaban J connectivity index is 2.76. The second kappa shape index (κ2) is 14.7. The molecule has 0 radical (unpaired) electrons. The Kier molecular flexibility index (Phi) is 11.9. The number of hydrogen-bond acceptors (Lipinski definition) is 13. The van der Waals surface area contributed by atoms with E-state index in [1.165, 1.54) is 6.92 Å². The highest BCUT2D eigenvalue weighted by Crippen LogP contribution is 2.45. The van der Waals surface area contributed by atoms with Gasteiger partial charge in [-0.25, -0.2) is 4.79 Å². The van der Waals surface area contributed by atoms with Gasteiger partial charge in [-0.2, -0.15) is 0 Å². The number of thioether (sulfide) groups is 1. The number of amides is 1. The van der Waals surface area contributed by atoms with E-state index in [9.17, 15) is 28.8 Å². The summed E-state index contributed by atoms with van der Waals surface area (Å²) in [6.45, 7) is 5.07. The second-order valence-electron chi connectivity index (χ2n) is 8.84. The molecule has 1 aromatic carbocycles. The van der Waals surface area contributed by atoms with Gasteiger partial charge in [-0.3, -0.25) is 24.0 Å². The van der Waals surface area contributed by atoms with E-state index in [-0.39, 0.29) is 6.42 Å². The Morgan fingerprint density at radius 1 is 0.950 bits per heavy atom. The third-order valence-corrected chi connectivity index (χ3v) is 6.79. The molecule has 0 bridgehead atoms. The maximum atomic E-state index is 13.3. The van der Waals surface area contributed by atoms with Gasteiger partial charge < -0.3 is 33.7 Å². The molecule has 0 aromatic heterocycles. The maximum absolute atomic E-state index is 13.3. The minimum absolute atomic E-state index is 0.283. The van der Waals surface area contributed by atoms with Crippen molar-refractivity contribution in [3.05, 3.63) is 30.3 Å². The highest BCUT2D eigenvalue weighted by molar-refractivity contribution is 8.01.